The Labute approximate surface area is 395 Å². The molecule has 13 heteroatoms. The molecule has 0 saturated heterocycles. The minimum atomic E-state index is -1.57. The molecule has 0 N–H and O–H groups in total. The van der Waals surface area contributed by atoms with Crippen LogP contribution in [0.3, 0.4) is 0 Å². The maximum absolute atomic E-state index is 13.8. The summed E-state index contributed by atoms with van der Waals surface area (Å²) in [6.07, 6.45) is 25.7. The number of hydrogen-bond acceptors (Lipinski definition) is 13. The zero-order valence-corrected chi connectivity index (χ0v) is 42.6. The van der Waals surface area contributed by atoms with Crippen LogP contribution in [0.15, 0.2) is 0 Å². The van der Waals surface area contributed by atoms with Crippen LogP contribution in [0.2, 0.25) is 0 Å². The number of carbonyl (C=O) groups excluding carboxylic acids is 6. The number of esters is 6. The Morgan fingerprint density at radius 2 is 0.754 bits per heavy atom. The van der Waals surface area contributed by atoms with Crippen LogP contribution in [0.1, 0.15) is 214 Å². The van der Waals surface area contributed by atoms with E-state index in [1.54, 1.807) is 0 Å². The highest BCUT2D eigenvalue weighted by atomic mass is 16.6. The number of ether oxygens (including phenoxy) is 6. The average molecular weight is 926 g/mol. The van der Waals surface area contributed by atoms with Crippen LogP contribution in [0.25, 0.3) is 0 Å². The summed E-state index contributed by atoms with van der Waals surface area (Å²) in [5.41, 5.74) is -1.57. The van der Waals surface area contributed by atoms with Gasteiger partial charge in [0, 0.05) is 12.8 Å². The largest absolute Gasteiger partial charge is 0.468 e. The molecule has 0 aromatic heterocycles. The number of methoxy groups -OCH3 is 2. The molecule has 0 saturated carbocycles. The van der Waals surface area contributed by atoms with E-state index in [1.807, 2.05) is 19.0 Å². The van der Waals surface area contributed by atoms with Gasteiger partial charge in [-0.2, -0.15) is 0 Å². The van der Waals surface area contributed by atoms with Crippen LogP contribution in [-0.4, -0.2) is 102 Å². The lowest BCUT2D eigenvalue weighted by Gasteiger charge is -2.32. The summed E-state index contributed by atoms with van der Waals surface area (Å²) in [6.45, 7) is 7.40. The van der Waals surface area contributed by atoms with Gasteiger partial charge in [-0.25, -0.2) is 0 Å². The lowest BCUT2D eigenvalue weighted by atomic mass is 9.90. The van der Waals surface area contributed by atoms with Gasteiger partial charge in [0.15, 0.2) is 11.8 Å². The molecule has 0 rings (SSSR count). The first-order valence-corrected chi connectivity index (χ1v) is 25.8. The van der Waals surface area contributed by atoms with Crippen LogP contribution < -0.4 is 0 Å². The van der Waals surface area contributed by atoms with E-state index in [0.717, 1.165) is 103 Å². The van der Waals surface area contributed by atoms with Gasteiger partial charge in [-0.05, 0) is 58.7 Å². The number of hydrogen-bond donors (Lipinski definition) is 0. The van der Waals surface area contributed by atoms with E-state index >= 15 is 0 Å². The van der Waals surface area contributed by atoms with E-state index in [0.29, 0.717) is 25.8 Å². The van der Waals surface area contributed by atoms with E-state index in [1.165, 1.54) is 52.7 Å². The van der Waals surface area contributed by atoms with E-state index in [-0.39, 0.29) is 31.6 Å². The number of rotatable bonds is 44. The Hall–Kier alpha value is -3.22. The molecule has 380 valence electrons. The van der Waals surface area contributed by atoms with Gasteiger partial charge in [0.05, 0.1) is 14.2 Å². The van der Waals surface area contributed by atoms with Crippen molar-refractivity contribution in [1.29, 1.82) is 0 Å². The summed E-state index contributed by atoms with van der Waals surface area (Å²) in [4.78, 5) is 82.4. The van der Waals surface area contributed by atoms with Crippen molar-refractivity contribution in [2.24, 2.45) is 23.2 Å². The first-order valence-electron chi connectivity index (χ1n) is 25.8. The van der Waals surface area contributed by atoms with E-state index < -0.39 is 79.5 Å². The van der Waals surface area contributed by atoms with E-state index in [9.17, 15) is 28.8 Å². The van der Waals surface area contributed by atoms with Gasteiger partial charge in [-0.3, -0.25) is 28.8 Å². The summed E-state index contributed by atoms with van der Waals surface area (Å²) < 4.78 is 33.6. The Morgan fingerprint density at radius 1 is 0.415 bits per heavy atom. The van der Waals surface area contributed by atoms with Gasteiger partial charge < -0.3 is 33.3 Å². The van der Waals surface area contributed by atoms with Gasteiger partial charge in [-0.1, -0.05) is 169 Å². The highest BCUT2D eigenvalue weighted by Gasteiger charge is 2.41. The summed E-state index contributed by atoms with van der Waals surface area (Å²) in [5, 5.41) is 0. The fraction of sp³-hybridized carbons (Fsp3) is 0.885. The lowest BCUT2D eigenvalue weighted by Crippen LogP contribution is -2.45. The van der Waals surface area contributed by atoms with Crippen molar-refractivity contribution in [2.45, 2.75) is 214 Å². The average Bonchev–Trinajstić information content (AvgIpc) is 3.29. The van der Waals surface area contributed by atoms with Gasteiger partial charge in [0.25, 0.3) is 0 Å². The normalized spacial score (nSPS) is 13.2. The molecule has 0 bridgehead atoms. The molecule has 65 heavy (non-hydrogen) atoms. The van der Waals surface area contributed by atoms with Crippen molar-refractivity contribution in [1.82, 2.24) is 4.90 Å². The van der Waals surface area contributed by atoms with E-state index in [4.69, 9.17) is 28.4 Å². The lowest BCUT2D eigenvalue weighted by molar-refractivity contribution is -0.176. The third-order valence-corrected chi connectivity index (χ3v) is 12.2. The van der Waals surface area contributed by atoms with Crippen LogP contribution in [0.4, 0.5) is 0 Å². The van der Waals surface area contributed by atoms with Crippen molar-refractivity contribution in [3.63, 3.8) is 0 Å². The topological polar surface area (TPSA) is 161 Å². The third kappa shape index (κ3) is 32.2. The molecule has 2 unspecified atom stereocenters. The Morgan fingerprint density at radius 3 is 1.14 bits per heavy atom. The number of carbonyl (C=O) groups is 6. The molecule has 13 nitrogen and oxygen atoms in total. The molecular weight excluding hydrogens is 831 g/mol. The minimum Gasteiger partial charge on any atom is -0.468 e. The van der Waals surface area contributed by atoms with Crippen molar-refractivity contribution < 1.29 is 57.2 Å². The molecular formula is C52H95NO12. The zero-order valence-electron chi connectivity index (χ0n) is 42.6. The van der Waals surface area contributed by atoms with Crippen LogP contribution in [0, 0.1) is 23.2 Å². The monoisotopic (exact) mass is 926 g/mol. The smallest absolute Gasteiger partial charge is 0.320 e. The first kappa shape index (κ1) is 61.8. The molecule has 0 radical (unpaired) electrons. The van der Waals surface area contributed by atoms with Crippen molar-refractivity contribution in [3.8, 4) is 0 Å². The second kappa shape index (κ2) is 41.0. The highest BCUT2D eigenvalue weighted by molar-refractivity contribution is 5.95. The molecule has 0 heterocycles. The molecule has 0 spiro atoms. The molecule has 0 aliphatic carbocycles. The van der Waals surface area contributed by atoms with Crippen LogP contribution in [-0.2, 0) is 57.2 Å². The number of unbranched alkanes of at least 4 members (excludes halogenated alkanes) is 18. The maximum atomic E-state index is 13.8. The Bertz CT molecular complexity index is 1190. The zero-order chi connectivity index (χ0) is 48.6. The van der Waals surface area contributed by atoms with Crippen molar-refractivity contribution in [2.75, 3.05) is 61.3 Å². The first-order chi connectivity index (χ1) is 31.3. The molecule has 0 aliphatic rings. The summed E-state index contributed by atoms with van der Waals surface area (Å²) in [5.74, 6) is -6.43. The quantitative estimate of drug-likeness (QED) is 0.0246. The fourth-order valence-electron chi connectivity index (χ4n) is 7.90. The second-order valence-corrected chi connectivity index (χ2v) is 18.7. The minimum absolute atomic E-state index is 0.0941. The molecule has 2 atom stereocenters. The van der Waals surface area contributed by atoms with E-state index in [2.05, 4.69) is 27.7 Å². The molecule has 0 aliphatic heterocycles. The van der Waals surface area contributed by atoms with Gasteiger partial charge in [0.1, 0.15) is 31.8 Å². The van der Waals surface area contributed by atoms with Gasteiger partial charge >= 0.3 is 35.8 Å². The Kier molecular flexibility index (Phi) is 39.0. The summed E-state index contributed by atoms with van der Waals surface area (Å²) in [6, 6.07) is 0. The predicted octanol–water partition coefficient (Wildman–Crippen LogP) is 11.3. The van der Waals surface area contributed by atoms with Crippen LogP contribution in [0.5, 0.6) is 0 Å². The third-order valence-electron chi connectivity index (χ3n) is 12.2. The molecule has 0 aromatic carbocycles. The second-order valence-electron chi connectivity index (χ2n) is 18.7. The molecule has 0 amide bonds. The van der Waals surface area contributed by atoms with Crippen molar-refractivity contribution in [3.05, 3.63) is 0 Å². The van der Waals surface area contributed by atoms with Gasteiger partial charge in [-0.15, -0.1) is 0 Å². The number of nitrogens with zero attached hydrogens (tertiary/aromatic N) is 1. The molecule has 0 aromatic rings. The highest BCUT2D eigenvalue weighted by Crippen LogP contribution is 2.27. The standard InChI is InChI=1S/C52H95NO12/c1-9-13-17-19-21-23-25-29-34-44(48(56)60-7)50(58)64-41-52(39-62-46(54)36-31-37-53(5)6,40-63-47(55)38-43(32-27-15-11-3)33-28-16-12-4)42-65-51(59)45(49(57)61-8)35-30-26-24-22-20-18-14-10-2/h43-45H,9-42H2,1-8H3. The predicted molar refractivity (Wildman–Crippen MR) is 256 cm³/mol. The molecule has 0 fully saturated rings. The maximum Gasteiger partial charge on any atom is 0.320 e. The summed E-state index contributed by atoms with van der Waals surface area (Å²) in [7, 11) is 6.24. The Balaban J connectivity index is 6.59. The van der Waals surface area contributed by atoms with Crippen LogP contribution >= 0.6 is 0 Å². The summed E-state index contributed by atoms with van der Waals surface area (Å²) >= 11 is 0. The van der Waals surface area contributed by atoms with Crippen molar-refractivity contribution >= 4 is 35.8 Å². The van der Waals surface area contributed by atoms with Gasteiger partial charge in [0.2, 0.25) is 0 Å². The fourth-order valence-corrected chi connectivity index (χ4v) is 7.90. The SMILES string of the molecule is CCCCCCCCCCC(C(=O)OC)C(=O)OCC(COC(=O)CCCN(C)C)(COC(=O)CC(CCCCC)CCCCC)COC(=O)C(CCCCCCCCCC)C(=O)OC.